The molecule has 1 aliphatic heterocycles. The molecule has 3 rings (SSSR count). The predicted octanol–water partition coefficient (Wildman–Crippen LogP) is 2.29. The number of carbonyl (C=O) groups excluding carboxylic acids is 1. The summed E-state index contributed by atoms with van der Waals surface area (Å²) >= 11 is 5.91. The molecule has 0 saturated carbocycles. The number of hydrogen-bond donors (Lipinski definition) is 2. The quantitative estimate of drug-likeness (QED) is 0.843. The second-order valence-electron chi connectivity index (χ2n) is 5.89. The molecule has 2 heterocycles. The van der Waals surface area contributed by atoms with Gasteiger partial charge < -0.3 is 10.6 Å². The normalized spacial score (nSPS) is 18.7. The average Bonchev–Trinajstić information content (AvgIpc) is 2.85. The summed E-state index contributed by atoms with van der Waals surface area (Å²) in [7, 11) is -2.99. The van der Waals surface area contributed by atoms with Gasteiger partial charge in [-0.2, -0.15) is 0 Å². The highest BCUT2D eigenvalue weighted by Crippen LogP contribution is 2.18. The van der Waals surface area contributed by atoms with E-state index in [2.05, 4.69) is 20.6 Å². The molecule has 0 radical (unpaired) electrons. The summed E-state index contributed by atoms with van der Waals surface area (Å²) in [5, 5.41) is 6.31. The number of rotatable bonds is 4. The van der Waals surface area contributed by atoms with Crippen LogP contribution < -0.4 is 10.6 Å². The van der Waals surface area contributed by atoms with Crippen molar-refractivity contribution in [1.29, 1.82) is 0 Å². The van der Waals surface area contributed by atoms with Gasteiger partial charge in [-0.15, -0.1) is 0 Å². The lowest BCUT2D eigenvalue weighted by molar-refractivity contribution is 0.102. The number of carbonyl (C=O) groups is 1. The van der Waals surface area contributed by atoms with Gasteiger partial charge in [-0.05, 0) is 31.5 Å². The number of sulfone groups is 1. The Morgan fingerprint density at radius 1 is 1.28 bits per heavy atom. The lowest BCUT2D eigenvalue weighted by Crippen LogP contribution is -2.22. The summed E-state index contributed by atoms with van der Waals surface area (Å²) in [5.41, 5.74) is 0.751. The van der Waals surface area contributed by atoms with E-state index in [1.54, 1.807) is 31.2 Å². The average molecular weight is 381 g/mol. The summed E-state index contributed by atoms with van der Waals surface area (Å²) < 4.78 is 23.1. The molecular formula is C16H17ClN4O3S. The van der Waals surface area contributed by atoms with Crippen molar-refractivity contribution >= 4 is 38.9 Å². The van der Waals surface area contributed by atoms with Gasteiger partial charge in [0.05, 0.1) is 11.5 Å². The van der Waals surface area contributed by atoms with Crippen LogP contribution in [0.2, 0.25) is 5.02 Å². The Balaban J connectivity index is 1.75. The number of aromatic nitrogens is 2. The minimum atomic E-state index is -2.99. The highest BCUT2D eigenvalue weighted by atomic mass is 35.5. The molecule has 1 saturated heterocycles. The fraction of sp³-hybridized carbons (Fsp3) is 0.312. The van der Waals surface area contributed by atoms with Crippen molar-refractivity contribution in [1.82, 2.24) is 9.97 Å². The Hall–Kier alpha value is -2.19. The van der Waals surface area contributed by atoms with Crippen LogP contribution in [0.3, 0.4) is 0 Å². The van der Waals surface area contributed by atoms with Gasteiger partial charge in [-0.25, -0.2) is 18.4 Å². The standard InChI is InChI=1S/C16H17ClN4O3S/c1-10-18-14(16(22)21-12-4-2-3-11(17)7-12)8-15(19-10)20-13-5-6-25(23,24)9-13/h2-4,7-8,13H,5-6,9H2,1H3,(H,21,22)(H,18,19,20). The number of nitrogens with zero attached hydrogens (tertiary/aromatic N) is 2. The molecule has 9 heteroatoms. The smallest absolute Gasteiger partial charge is 0.274 e. The van der Waals surface area contributed by atoms with Crippen LogP contribution in [0.1, 0.15) is 22.7 Å². The van der Waals surface area contributed by atoms with E-state index < -0.39 is 15.7 Å². The first-order valence-corrected chi connectivity index (χ1v) is 9.90. The van der Waals surface area contributed by atoms with E-state index in [0.29, 0.717) is 28.8 Å². The summed E-state index contributed by atoms with van der Waals surface area (Å²) in [6.07, 6.45) is 0.523. The van der Waals surface area contributed by atoms with Crippen LogP contribution >= 0.6 is 11.6 Å². The van der Waals surface area contributed by atoms with Gasteiger partial charge in [0.15, 0.2) is 9.84 Å². The molecule has 1 atom stereocenters. The molecule has 1 fully saturated rings. The maximum absolute atomic E-state index is 12.4. The Morgan fingerprint density at radius 2 is 2.08 bits per heavy atom. The number of anilines is 2. The van der Waals surface area contributed by atoms with Crippen molar-refractivity contribution in [3.8, 4) is 0 Å². The largest absolute Gasteiger partial charge is 0.366 e. The number of halogens is 1. The van der Waals surface area contributed by atoms with Crippen LogP contribution in [0.4, 0.5) is 11.5 Å². The maximum atomic E-state index is 12.4. The third-order valence-corrected chi connectivity index (χ3v) is 5.74. The molecule has 2 aromatic rings. The van der Waals surface area contributed by atoms with Crippen molar-refractivity contribution in [3.63, 3.8) is 0 Å². The first-order chi connectivity index (χ1) is 11.8. The van der Waals surface area contributed by atoms with Crippen molar-refractivity contribution in [3.05, 3.63) is 46.9 Å². The Bertz CT molecular complexity index is 917. The minimum Gasteiger partial charge on any atom is -0.366 e. The number of amides is 1. The highest BCUT2D eigenvalue weighted by Gasteiger charge is 2.28. The lowest BCUT2D eigenvalue weighted by Gasteiger charge is -2.13. The van der Waals surface area contributed by atoms with Gasteiger partial charge in [0.2, 0.25) is 0 Å². The van der Waals surface area contributed by atoms with E-state index in [-0.39, 0.29) is 23.2 Å². The summed E-state index contributed by atoms with van der Waals surface area (Å²) in [6.45, 7) is 1.67. The molecule has 2 N–H and O–H groups in total. The van der Waals surface area contributed by atoms with Crippen LogP contribution in [0.5, 0.6) is 0 Å². The molecule has 1 aromatic heterocycles. The van der Waals surface area contributed by atoms with Gasteiger partial charge >= 0.3 is 0 Å². The highest BCUT2D eigenvalue weighted by molar-refractivity contribution is 7.91. The monoisotopic (exact) mass is 380 g/mol. The molecule has 0 aliphatic carbocycles. The molecule has 0 bridgehead atoms. The predicted molar refractivity (Wildman–Crippen MR) is 96.9 cm³/mol. The maximum Gasteiger partial charge on any atom is 0.274 e. The number of aryl methyl sites for hydroxylation is 1. The first-order valence-electron chi connectivity index (χ1n) is 7.70. The fourth-order valence-corrected chi connectivity index (χ4v) is 4.50. The third-order valence-electron chi connectivity index (χ3n) is 3.74. The number of hydrogen-bond acceptors (Lipinski definition) is 6. The molecule has 1 amide bonds. The van der Waals surface area contributed by atoms with E-state index in [4.69, 9.17) is 11.6 Å². The Morgan fingerprint density at radius 3 is 2.76 bits per heavy atom. The van der Waals surface area contributed by atoms with Crippen molar-refractivity contribution in [2.24, 2.45) is 0 Å². The molecule has 0 spiro atoms. The molecule has 7 nitrogen and oxygen atoms in total. The number of nitrogens with one attached hydrogen (secondary N) is 2. The van der Waals surface area contributed by atoms with Gasteiger partial charge in [-0.3, -0.25) is 4.79 Å². The third kappa shape index (κ3) is 4.67. The zero-order chi connectivity index (χ0) is 18.0. The zero-order valence-electron chi connectivity index (χ0n) is 13.5. The van der Waals surface area contributed by atoms with Gasteiger partial charge in [-0.1, -0.05) is 17.7 Å². The molecule has 1 aromatic carbocycles. The molecule has 25 heavy (non-hydrogen) atoms. The van der Waals surface area contributed by atoms with Crippen LogP contribution in [-0.4, -0.2) is 41.8 Å². The summed E-state index contributed by atoms with van der Waals surface area (Å²) in [5.74, 6) is 0.694. The van der Waals surface area contributed by atoms with E-state index >= 15 is 0 Å². The van der Waals surface area contributed by atoms with Crippen molar-refractivity contribution < 1.29 is 13.2 Å². The summed E-state index contributed by atoms with van der Waals surface area (Å²) in [6, 6.07) is 8.11. The molecule has 1 aliphatic rings. The van der Waals surface area contributed by atoms with E-state index in [9.17, 15) is 13.2 Å². The van der Waals surface area contributed by atoms with Crippen LogP contribution in [0.25, 0.3) is 0 Å². The molecular weight excluding hydrogens is 364 g/mol. The second-order valence-corrected chi connectivity index (χ2v) is 8.56. The zero-order valence-corrected chi connectivity index (χ0v) is 15.1. The van der Waals surface area contributed by atoms with Crippen molar-refractivity contribution in [2.45, 2.75) is 19.4 Å². The van der Waals surface area contributed by atoms with Gasteiger partial charge in [0, 0.05) is 22.8 Å². The van der Waals surface area contributed by atoms with E-state index in [1.807, 2.05) is 0 Å². The summed E-state index contributed by atoms with van der Waals surface area (Å²) in [4.78, 5) is 20.8. The lowest BCUT2D eigenvalue weighted by atomic mass is 10.2. The molecule has 132 valence electrons. The SMILES string of the molecule is Cc1nc(NC2CCS(=O)(=O)C2)cc(C(=O)Nc2cccc(Cl)c2)n1. The second kappa shape index (κ2) is 6.97. The van der Waals surface area contributed by atoms with Crippen LogP contribution in [0.15, 0.2) is 30.3 Å². The topological polar surface area (TPSA) is 101 Å². The Kier molecular flexibility index (Phi) is 4.91. The van der Waals surface area contributed by atoms with Crippen molar-refractivity contribution in [2.75, 3.05) is 22.1 Å². The number of benzene rings is 1. The minimum absolute atomic E-state index is 0.0695. The van der Waals surface area contributed by atoms with Crippen LogP contribution in [0, 0.1) is 6.92 Å². The van der Waals surface area contributed by atoms with Crippen LogP contribution in [-0.2, 0) is 9.84 Å². The van der Waals surface area contributed by atoms with Gasteiger partial charge in [0.25, 0.3) is 5.91 Å². The fourth-order valence-electron chi connectivity index (χ4n) is 2.64. The molecule has 1 unspecified atom stereocenters. The Labute approximate surface area is 150 Å². The van der Waals surface area contributed by atoms with E-state index in [1.165, 1.54) is 6.07 Å². The van der Waals surface area contributed by atoms with Gasteiger partial charge in [0.1, 0.15) is 17.3 Å². The first kappa shape index (κ1) is 17.6. The van der Waals surface area contributed by atoms with E-state index in [0.717, 1.165) is 0 Å².